The van der Waals surface area contributed by atoms with E-state index in [0.717, 1.165) is 0 Å². The van der Waals surface area contributed by atoms with Gasteiger partial charge < -0.3 is 38.8 Å². The second kappa shape index (κ2) is 22.3. The molecule has 1 amide bonds. The number of carboxylic acids is 1. The molecule has 12 nitrogen and oxygen atoms in total. The lowest BCUT2D eigenvalue weighted by Crippen LogP contribution is -2.25. The predicted molar refractivity (Wildman–Crippen MR) is 130 cm³/mol. The second-order valence-corrected chi connectivity index (χ2v) is 7.49. The number of hydrogen-bond acceptors (Lipinski definition) is 10. The van der Waals surface area contributed by atoms with Crippen LogP contribution in [0, 0.1) is 0 Å². The second-order valence-electron chi connectivity index (χ2n) is 7.49. The minimum atomic E-state index is -0.992. The molecule has 0 aromatic heterocycles. The van der Waals surface area contributed by atoms with Gasteiger partial charge in [-0.25, -0.2) is 4.79 Å². The summed E-state index contributed by atoms with van der Waals surface area (Å²) in [7, 11) is 0. The molecule has 1 aromatic carbocycles. The van der Waals surface area contributed by atoms with Crippen molar-refractivity contribution in [3.63, 3.8) is 0 Å². The number of ketones is 1. The molecule has 0 spiro atoms. The summed E-state index contributed by atoms with van der Waals surface area (Å²) in [5.41, 5.74) is 0.286. The molecule has 1 aromatic rings. The van der Waals surface area contributed by atoms with Crippen molar-refractivity contribution in [3.05, 3.63) is 35.9 Å². The summed E-state index contributed by atoms with van der Waals surface area (Å²) < 4.78 is 31.7. The summed E-state index contributed by atoms with van der Waals surface area (Å²) in [6, 6.07) is 8.21. The normalized spacial score (nSPS) is 10.7. The molecule has 208 valence electrons. The first-order chi connectivity index (χ1) is 18.0. The summed E-state index contributed by atoms with van der Waals surface area (Å²) in [4.78, 5) is 45.2. The first-order valence-electron chi connectivity index (χ1n) is 12.1. The maximum absolute atomic E-state index is 11.8. The van der Waals surface area contributed by atoms with Gasteiger partial charge in [-0.15, -0.1) is 0 Å². The number of aliphatic carboxylic acids is 1. The number of benzene rings is 1. The number of nitrogens with one attached hydrogen (secondary N) is 1. The third-order valence-electron chi connectivity index (χ3n) is 4.52. The highest BCUT2D eigenvalue weighted by atomic mass is 16.6. The highest BCUT2D eigenvalue weighted by molar-refractivity contribution is 6.40. The molecule has 0 fully saturated rings. The lowest BCUT2D eigenvalue weighted by atomic mass is 10.1. The Kier molecular flexibility index (Phi) is 19.4. The van der Waals surface area contributed by atoms with E-state index in [2.05, 4.69) is 5.32 Å². The molecule has 0 saturated carbocycles. The van der Waals surface area contributed by atoms with Crippen molar-refractivity contribution in [2.24, 2.45) is 0 Å². The van der Waals surface area contributed by atoms with Crippen LogP contribution in [0.3, 0.4) is 0 Å². The number of carbonyl (C=O) groups is 4. The number of esters is 1. The van der Waals surface area contributed by atoms with Crippen LogP contribution in [0.25, 0.3) is 0 Å². The van der Waals surface area contributed by atoms with E-state index in [9.17, 15) is 19.2 Å². The van der Waals surface area contributed by atoms with Crippen LogP contribution in [-0.2, 0) is 42.8 Å². The quantitative estimate of drug-likeness (QED) is 0.0851. The maximum atomic E-state index is 11.8. The summed E-state index contributed by atoms with van der Waals surface area (Å²) in [6.45, 7) is 4.28. The van der Waals surface area contributed by atoms with Crippen LogP contribution in [0.2, 0.25) is 0 Å². The Labute approximate surface area is 216 Å². The number of hydrogen-bond donors (Lipinski definition) is 2. The lowest BCUT2D eigenvalue weighted by Gasteiger charge is -2.08. The van der Waals surface area contributed by atoms with Crippen molar-refractivity contribution in [1.29, 1.82) is 0 Å². The Bertz CT molecular complexity index is 773. The average Bonchev–Trinajstić information content (AvgIpc) is 2.90. The van der Waals surface area contributed by atoms with E-state index in [4.69, 9.17) is 33.5 Å². The maximum Gasteiger partial charge on any atom is 0.379 e. The average molecular weight is 528 g/mol. The number of amides is 1. The predicted octanol–water partition coefficient (Wildman–Crippen LogP) is 0.867. The van der Waals surface area contributed by atoms with Gasteiger partial charge in [0.2, 0.25) is 5.91 Å². The first kappa shape index (κ1) is 32.1. The number of Topliss-reactive ketones (excluding diaryl/α,β-unsaturated/α-hetero) is 1. The van der Waals surface area contributed by atoms with Crippen LogP contribution in [0.5, 0.6) is 0 Å². The van der Waals surface area contributed by atoms with Gasteiger partial charge in [0, 0.05) is 25.1 Å². The van der Waals surface area contributed by atoms with Crippen molar-refractivity contribution in [2.75, 3.05) is 79.2 Å². The van der Waals surface area contributed by atoms with Gasteiger partial charge >= 0.3 is 11.9 Å². The largest absolute Gasteiger partial charge is 0.481 e. The molecular formula is C25H37NO11. The van der Waals surface area contributed by atoms with Crippen molar-refractivity contribution in [3.8, 4) is 0 Å². The van der Waals surface area contributed by atoms with E-state index in [0.29, 0.717) is 72.4 Å². The van der Waals surface area contributed by atoms with E-state index in [1.807, 2.05) is 0 Å². The van der Waals surface area contributed by atoms with Gasteiger partial charge in [-0.05, 0) is 6.42 Å². The van der Waals surface area contributed by atoms with Crippen LogP contribution < -0.4 is 5.32 Å². The van der Waals surface area contributed by atoms with Gasteiger partial charge in [-0.2, -0.15) is 0 Å². The molecule has 0 atom stereocenters. The molecule has 0 heterocycles. The fraction of sp³-hybridized carbons (Fsp3) is 0.600. The molecule has 1 rings (SSSR count). The molecule has 0 radical (unpaired) electrons. The van der Waals surface area contributed by atoms with Crippen molar-refractivity contribution >= 4 is 23.6 Å². The van der Waals surface area contributed by atoms with Crippen molar-refractivity contribution in [2.45, 2.75) is 19.3 Å². The van der Waals surface area contributed by atoms with Crippen molar-refractivity contribution < 1.29 is 52.7 Å². The summed E-state index contributed by atoms with van der Waals surface area (Å²) >= 11 is 0. The Balaban J connectivity index is 1.76. The molecule has 0 aliphatic heterocycles. The third kappa shape index (κ3) is 19.0. The fourth-order valence-corrected chi connectivity index (χ4v) is 2.66. The van der Waals surface area contributed by atoms with E-state index < -0.39 is 17.7 Å². The monoisotopic (exact) mass is 527 g/mol. The molecule has 37 heavy (non-hydrogen) atoms. The zero-order valence-corrected chi connectivity index (χ0v) is 21.0. The number of carbonyl (C=O) groups excluding carboxylic acids is 3. The molecular weight excluding hydrogens is 490 g/mol. The summed E-state index contributed by atoms with van der Waals surface area (Å²) in [5, 5.41) is 11.1. The Morgan fingerprint density at radius 3 is 1.65 bits per heavy atom. The number of carboxylic acid groups (broad SMARTS) is 1. The van der Waals surface area contributed by atoms with E-state index in [1.165, 1.54) is 0 Å². The Morgan fingerprint density at radius 1 is 0.649 bits per heavy atom. The van der Waals surface area contributed by atoms with Crippen LogP contribution in [0.4, 0.5) is 0 Å². The van der Waals surface area contributed by atoms with Gasteiger partial charge in [-0.3, -0.25) is 14.4 Å². The highest BCUT2D eigenvalue weighted by Gasteiger charge is 2.17. The number of rotatable bonds is 24. The van der Waals surface area contributed by atoms with Crippen LogP contribution in [0.1, 0.15) is 29.6 Å². The summed E-state index contributed by atoms with van der Waals surface area (Å²) in [5.74, 6) is -2.86. The Hall–Kier alpha value is -2.90. The fourth-order valence-electron chi connectivity index (χ4n) is 2.66. The van der Waals surface area contributed by atoms with Gasteiger partial charge in [0.25, 0.3) is 5.78 Å². The van der Waals surface area contributed by atoms with Gasteiger partial charge in [0.15, 0.2) is 0 Å². The first-order valence-corrected chi connectivity index (χ1v) is 12.1. The summed E-state index contributed by atoms with van der Waals surface area (Å²) in [6.07, 6.45) is 0.443. The van der Waals surface area contributed by atoms with E-state index in [-0.39, 0.29) is 37.5 Å². The molecule has 0 bridgehead atoms. The van der Waals surface area contributed by atoms with Crippen LogP contribution >= 0.6 is 0 Å². The molecule has 0 saturated heterocycles. The molecule has 0 aliphatic rings. The molecule has 0 aliphatic carbocycles. The van der Waals surface area contributed by atoms with E-state index >= 15 is 0 Å². The van der Waals surface area contributed by atoms with Crippen molar-refractivity contribution in [1.82, 2.24) is 5.32 Å². The molecule has 2 N–H and O–H groups in total. The van der Waals surface area contributed by atoms with Gasteiger partial charge in [0.1, 0.15) is 6.61 Å². The number of ether oxygens (including phenoxy) is 6. The van der Waals surface area contributed by atoms with Crippen LogP contribution in [-0.4, -0.2) is 108 Å². The Morgan fingerprint density at radius 2 is 1.14 bits per heavy atom. The zero-order chi connectivity index (χ0) is 27.0. The molecule has 12 heteroatoms. The van der Waals surface area contributed by atoms with Crippen LogP contribution in [0.15, 0.2) is 30.3 Å². The standard InChI is InChI=1S/C25H37NO11/c27-22(7-8-23(28)29)26-9-4-10-32-11-12-33-13-14-34-15-16-35-17-18-36-19-20-37-25(31)24(30)21-5-2-1-3-6-21/h1-3,5-6H,4,7-20H2,(H,26,27)(H,28,29). The lowest BCUT2D eigenvalue weighted by molar-refractivity contribution is -0.140. The minimum Gasteiger partial charge on any atom is -0.481 e. The SMILES string of the molecule is O=C(O)CCC(=O)NCCCOCCOCCOCCOCCOCCOC(=O)C(=O)c1ccccc1. The molecule has 0 unspecified atom stereocenters. The van der Waals surface area contributed by atoms with E-state index in [1.54, 1.807) is 30.3 Å². The topological polar surface area (TPSA) is 156 Å². The smallest absolute Gasteiger partial charge is 0.379 e. The zero-order valence-electron chi connectivity index (χ0n) is 21.0. The van der Waals surface area contributed by atoms with Gasteiger partial charge in [-0.1, -0.05) is 30.3 Å². The third-order valence-corrected chi connectivity index (χ3v) is 4.52. The highest BCUT2D eigenvalue weighted by Crippen LogP contribution is 2.01. The minimum absolute atomic E-state index is 0.0139. The van der Waals surface area contributed by atoms with Gasteiger partial charge in [0.05, 0.1) is 65.9 Å².